The van der Waals surface area contributed by atoms with Crippen LogP contribution in [0, 0.1) is 0 Å². The highest BCUT2D eigenvalue weighted by molar-refractivity contribution is 8.26. The van der Waals surface area contributed by atoms with Crippen LogP contribution in [0.4, 0.5) is 0 Å². The Hall–Kier alpha value is -2.06. The first-order valence-corrected chi connectivity index (χ1v) is 8.64. The predicted octanol–water partition coefficient (Wildman–Crippen LogP) is 2.52. The minimum Gasteiger partial charge on any atom is -0.486 e. The highest BCUT2D eigenvalue weighted by Gasteiger charge is 2.31. The summed E-state index contributed by atoms with van der Waals surface area (Å²) in [6, 6.07) is 5.49. The van der Waals surface area contributed by atoms with Crippen LogP contribution >= 0.6 is 24.0 Å². The first-order chi connectivity index (χ1) is 11.5. The third kappa shape index (κ3) is 3.70. The smallest absolute Gasteiger partial charge is 0.303 e. The molecule has 2 heterocycles. The van der Waals surface area contributed by atoms with Gasteiger partial charge in [-0.1, -0.05) is 30.0 Å². The number of nitrogens with zero attached hydrogens (tertiary/aromatic N) is 1. The summed E-state index contributed by atoms with van der Waals surface area (Å²) in [5.41, 5.74) is 0.824. The van der Waals surface area contributed by atoms with Gasteiger partial charge in [0.25, 0.3) is 5.91 Å². The normalized spacial score (nSPS) is 18.3. The van der Waals surface area contributed by atoms with Crippen molar-refractivity contribution in [3.8, 4) is 11.5 Å². The van der Waals surface area contributed by atoms with Crippen LogP contribution in [-0.4, -0.2) is 46.0 Å². The molecule has 1 aromatic rings. The molecular weight excluding hydrogens is 350 g/mol. The number of carboxylic acid groups (broad SMARTS) is 1. The largest absolute Gasteiger partial charge is 0.486 e. The monoisotopic (exact) mass is 365 g/mol. The summed E-state index contributed by atoms with van der Waals surface area (Å²) in [6.07, 6.45) is 2.14. The van der Waals surface area contributed by atoms with E-state index in [1.165, 1.54) is 16.7 Å². The van der Waals surface area contributed by atoms with Gasteiger partial charge in [-0.25, -0.2) is 0 Å². The zero-order valence-corrected chi connectivity index (χ0v) is 14.3. The van der Waals surface area contributed by atoms with E-state index in [-0.39, 0.29) is 12.3 Å². The topological polar surface area (TPSA) is 76.1 Å². The quantitative estimate of drug-likeness (QED) is 0.635. The van der Waals surface area contributed by atoms with Crippen LogP contribution in [0.2, 0.25) is 0 Å². The van der Waals surface area contributed by atoms with Gasteiger partial charge in [-0.3, -0.25) is 14.5 Å². The SMILES string of the molecule is O=C(O)CCCN1C(=O)/C(=C/c2ccc3c(c2)OCCO3)SC1=S. The molecule has 2 aliphatic rings. The first kappa shape index (κ1) is 16.8. The minimum atomic E-state index is -0.882. The molecule has 1 saturated heterocycles. The summed E-state index contributed by atoms with van der Waals surface area (Å²) >= 11 is 6.44. The fourth-order valence-corrected chi connectivity index (χ4v) is 3.69. The summed E-state index contributed by atoms with van der Waals surface area (Å²) < 4.78 is 11.5. The van der Waals surface area contributed by atoms with Crippen LogP contribution in [0.1, 0.15) is 18.4 Å². The third-order valence-corrected chi connectivity index (χ3v) is 4.89. The van der Waals surface area contributed by atoms with Crippen molar-refractivity contribution in [1.82, 2.24) is 4.90 Å². The second-order valence-corrected chi connectivity index (χ2v) is 6.91. The molecule has 0 aromatic heterocycles. The van der Waals surface area contributed by atoms with Crippen molar-refractivity contribution in [2.24, 2.45) is 0 Å². The number of rotatable bonds is 5. The van der Waals surface area contributed by atoms with Gasteiger partial charge in [0, 0.05) is 13.0 Å². The Morgan fingerprint density at radius 3 is 2.83 bits per heavy atom. The molecule has 2 aliphatic heterocycles. The minimum absolute atomic E-state index is 0.0122. The summed E-state index contributed by atoms with van der Waals surface area (Å²) in [6.45, 7) is 1.35. The van der Waals surface area contributed by atoms with Gasteiger partial charge in [-0.15, -0.1) is 0 Å². The number of thioether (sulfide) groups is 1. The Kier molecular flexibility index (Phi) is 5.06. The van der Waals surface area contributed by atoms with E-state index < -0.39 is 5.97 Å². The Bertz CT molecular complexity index is 731. The van der Waals surface area contributed by atoms with E-state index in [4.69, 9.17) is 26.8 Å². The Balaban J connectivity index is 1.72. The number of hydrogen-bond acceptors (Lipinski definition) is 6. The molecule has 6 nitrogen and oxygen atoms in total. The van der Waals surface area contributed by atoms with Gasteiger partial charge < -0.3 is 14.6 Å². The number of benzene rings is 1. The second kappa shape index (κ2) is 7.23. The fourth-order valence-electron chi connectivity index (χ4n) is 2.38. The summed E-state index contributed by atoms with van der Waals surface area (Å²) in [5.74, 6) is 0.282. The first-order valence-electron chi connectivity index (χ1n) is 7.41. The second-order valence-electron chi connectivity index (χ2n) is 5.23. The van der Waals surface area contributed by atoms with Crippen LogP contribution in [0.5, 0.6) is 11.5 Å². The Morgan fingerprint density at radius 2 is 2.08 bits per heavy atom. The summed E-state index contributed by atoms with van der Waals surface area (Å²) in [5, 5.41) is 8.69. The van der Waals surface area contributed by atoms with Crippen LogP contribution < -0.4 is 9.47 Å². The van der Waals surface area contributed by atoms with Crippen molar-refractivity contribution in [1.29, 1.82) is 0 Å². The maximum absolute atomic E-state index is 12.4. The molecule has 1 N–H and O–H groups in total. The van der Waals surface area contributed by atoms with Gasteiger partial charge in [0.15, 0.2) is 11.5 Å². The molecule has 0 radical (unpaired) electrons. The highest BCUT2D eigenvalue weighted by atomic mass is 32.2. The van der Waals surface area contributed by atoms with Crippen LogP contribution in [0.3, 0.4) is 0 Å². The van der Waals surface area contributed by atoms with Crippen molar-refractivity contribution in [3.63, 3.8) is 0 Å². The predicted molar refractivity (Wildman–Crippen MR) is 94.2 cm³/mol. The lowest BCUT2D eigenvalue weighted by molar-refractivity contribution is -0.137. The lowest BCUT2D eigenvalue weighted by Crippen LogP contribution is -2.29. The third-order valence-electron chi connectivity index (χ3n) is 3.51. The Morgan fingerprint density at radius 1 is 1.33 bits per heavy atom. The molecule has 0 spiro atoms. The van der Waals surface area contributed by atoms with Gasteiger partial charge in [0.1, 0.15) is 17.5 Å². The van der Waals surface area contributed by atoms with E-state index in [1.54, 1.807) is 6.08 Å². The van der Waals surface area contributed by atoms with Gasteiger partial charge in [0.2, 0.25) is 0 Å². The molecular formula is C16H15NO5S2. The van der Waals surface area contributed by atoms with E-state index in [0.29, 0.717) is 46.9 Å². The van der Waals surface area contributed by atoms with Crippen molar-refractivity contribution < 1.29 is 24.2 Å². The number of aliphatic carboxylic acids is 1. The van der Waals surface area contributed by atoms with Crippen molar-refractivity contribution in [2.45, 2.75) is 12.8 Å². The molecule has 1 amide bonds. The molecule has 0 saturated carbocycles. The number of carbonyl (C=O) groups excluding carboxylic acids is 1. The van der Waals surface area contributed by atoms with E-state index in [1.807, 2.05) is 18.2 Å². The van der Waals surface area contributed by atoms with E-state index >= 15 is 0 Å². The average Bonchev–Trinajstić information content (AvgIpc) is 2.82. The number of ether oxygens (including phenoxy) is 2. The molecule has 126 valence electrons. The molecule has 24 heavy (non-hydrogen) atoms. The summed E-state index contributed by atoms with van der Waals surface area (Å²) in [7, 11) is 0. The maximum Gasteiger partial charge on any atom is 0.303 e. The van der Waals surface area contributed by atoms with Crippen molar-refractivity contribution in [2.75, 3.05) is 19.8 Å². The lowest BCUT2D eigenvalue weighted by Gasteiger charge is -2.18. The highest BCUT2D eigenvalue weighted by Crippen LogP contribution is 2.35. The van der Waals surface area contributed by atoms with E-state index in [2.05, 4.69) is 0 Å². The van der Waals surface area contributed by atoms with Crippen molar-refractivity contribution >= 4 is 46.3 Å². The molecule has 0 aliphatic carbocycles. The molecule has 3 rings (SSSR count). The van der Waals surface area contributed by atoms with E-state index in [9.17, 15) is 9.59 Å². The molecule has 0 unspecified atom stereocenters. The lowest BCUT2D eigenvalue weighted by atomic mass is 10.1. The van der Waals surface area contributed by atoms with Gasteiger partial charge >= 0.3 is 5.97 Å². The van der Waals surface area contributed by atoms with Gasteiger partial charge in [0.05, 0.1) is 4.91 Å². The average molecular weight is 365 g/mol. The molecule has 0 bridgehead atoms. The molecule has 8 heteroatoms. The Labute approximate surface area is 148 Å². The fraction of sp³-hybridized carbons (Fsp3) is 0.312. The van der Waals surface area contributed by atoms with Crippen LogP contribution in [0.15, 0.2) is 23.1 Å². The van der Waals surface area contributed by atoms with Gasteiger partial charge in [-0.2, -0.15) is 0 Å². The van der Waals surface area contributed by atoms with Crippen molar-refractivity contribution in [3.05, 3.63) is 28.7 Å². The number of fused-ring (bicyclic) bond motifs is 1. The van der Waals surface area contributed by atoms with Crippen LogP contribution in [0.25, 0.3) is 6.08 Å². The zero-order chi connectivity index (χ0) is 17.1. The van der Waals surface area contributed by atoms with Crippen LogP contribution in [-0.2, 0) is 9.59 Å². The maximum atomic E-state index is 12.4. The standard InChI is InChI=1S/C16H15NO5S2/c18-14(19)2-1-5-17-15(20)13(24-16(17)23)9-10-3-4-11-12(8-10)22-7-6-21-11/h3-4,8-9H,1-2,5-7H2,(H,18,19)/b13-9-. The number of carbonyl (C=O) groups is 2. The zero-order valence-electron chi connectivity index (χ0n) is 12.7. The molecule has 1 fully saturated rings. The molecule has 1 aromatic carbocycles. The number of carboxylic acids is 1. The number of thiocarbonyl (C=S) groups is 1. The van der Waals surface area contributed by atoms with E-state index in [0.717, 1.165) is 5.56 Å². The number of hydrogen-bond donors (Lipinski definition) is 1. The van der Waals surface area contributed by atoms with Gasteiger partial charge in [-0.05, 0) is 30.2 Å². The summed E-state index contributed by atoms with van der Waals surface area (Å²) in [4.78, 5) is 25.0. The number of amides is 1. The molecule has 0 atom stereocenters.